The number of hydrogen-bond donors (Lipinski definition) is 2. The Balaban J connectivity index is -0.0000000457. The van der Waals surface area contributed by atoms with E-state index in [1.807, 2.05) is 27.7 Å². The Bertz CT molecular complexity index is 51.0. The first kappa shape index (κ1) is 22.6. The van der Waals surface area contributed by atoms with Crippen molar-refractivity contribution < 1.29 is 10.2 Å². The van der Waals surface area contributed by atoms with Gasteiger partial charge >= 0.3 is 0 Å². The molecular weight excluding hydrogens is 156 g/mol. The maximum absolute atomic E-state index is 9.63. The second kappa shape index (κ2) is 17.1. The molecule has 0 aromatic heterocycles. The summed E-state index contributed by atoms with van der Waals surface area (Å²) in [5, 5.41) is 19.3. The average molecular weight is 182 g/mol. The number of hydrogen-bond acceptors (Lipinski definition) is 2. The van der Waals surface area contributed by atoms with Gasteiger partial charge in [0.1, 0.15) is 0 Å². The van der Waals surface area contributed by atoms with E-state index in [0.717, 1.165) is 0 Å². The Kier molecular flexibility index (Phi) is 32.2. The van der Waals surface area contributed by atoms with E-state index in [1.165, 1.54) is 0 Å². The zero-order valence-corrected chi connectivity index (χ0v) is 9.39. The van der Waals surface area contributed by atoms with E-state index in [-0.39, 0.29) is 25.5 Å². The standard InChI is InChI=1S/2C4H9O.2H3N/c2*1-4(2)3-5;;/h2*4H,3H2,1-2H3;2*1H3/q2*-1;;/p+2. The van der Waals surface area contributed by atoms with Gasteiger partial charge < -0.3 is 22.5 Å². The van der Waals surface area contributed by atoms with Crippen molar-refractivity contribution in [1.82, 2.24) is 12.3 Å². The van der Waals surface area contributed by atoms with E-state index in [4.69, 9.17) is 0 Å². The zero-order valence-electron chi connectivity index (χ0n) is 9.39. The van der Waals surface area contributed by atoms with Crippen LogP contribution in [0.4, 0.5) is 0 Å². The molecule has 12 heavy (non-hydrogen) atoms. The highest BCUT2D eigenvalue weighted by atomic mass is 16.3. The molecule has 4 nitrogen and oxygen atoms in total. The summed E-state index contributed by atoms with van der Waals surface area (Å²) in [5.74, 6) is 0.657. The summed E-state index contributed by atoms with van der Waals surface area (Å²) in [4.78, 5) is 0. The first-order valence-electron chi connectivity index (χ1n) is 3.70. The predicted molar refractivity (Wildman–Crippen MR) is 51.4 cm³/mol. The molecule has 0 aromatic rings. The topological polar surface area (TPSA) is 119 Å². The van der Waals surface area contributed by atoms with Crippen LogP contribution in [0.1, 0.15) is 27.7 Å². The average Bonchev–Trinajstić information content (AvgIpc) is 1.89. The Labute approximate surface area is 76.2 Å². The minimum atomic E-state index is 0. The quantitative estimate of drug-likeness (QED) is 0.655. The van der Waals surface area contributed by atoms with E-state index >= 15 is 0 Å². The molecule has 0 unspecified atom stereocenters. The van der Waals surface area contributed by atoms with Crippen molar-refractivity contribution in [2.45, 2.75) is 27.7 Å². The fraction of sp³-hybridized carbons (Fsp3) is 1.00. The van der Waals surface area contributed by atoms with Gasteiger partial charge in [-0.2, -0.15) is 0 Å². The minimum Gasteiger partial charge on any atom is -0.854 e. The Morgan fingerprint density at radius 1 is 0.750 bits per heavy atom. The van der Waals surface area contributed by atoms with Gasteiger partial charge in [0.2, 0.25) is 0 Å². The molecule has 0 amide bonds. The molecule has 80 valence electrons. The third-order valence-electron chi connectivity index (χ3n) is 0.667. The molecule has 0 atom stereocenters. The second-order valence-electron chi connectivity index (χ2n) is 3.12. The van der Waals surface area contributed by atoms with Crippen molar-refractivity contribution in [3.05, 3.63) is 0 Å². The highest BCUT2D eigenvalue weighted by molar-refractivity contribution is 4.31. The molecule has 0 rings (SSSR count). The van der Waals surface area contributed by atoms with Gasteiger partial charge in [-0.1, -0.05) is 39.5 Å². The van der Waals surface area contributed by atoms with Gasteiger partial charge in [-0.3, -0.25) is 0 Å². The molecular formula is C8H26N2O2. The van der Waals surface area contributed by atoms with Crippen LogP contribution in [0.2, 0.25) is 0 Å². The third-order valence-corrected chi connectivity index (χ3v) is 0.667. The van der Waals surface area contributed by atoms with Gasteiger partial charge in [0.25, 0.3) is 0 Å². The molecule has 0 aliphatic carbocycles. The molecule has 0 heterocycles. The summed E-state index contributed by atoms with van der Waals surface area (Å²) in [6.07, 6.45) is 0. The number of rotatable bonds is 2. The molecule has 0 spiro atoms. The van der Waals surface area contributed by atoms with E-state index in [0.29, 0.717) is 11.8 Å². The lowest BCUT2D eigenvalue weighted by Crippen LogP contribution is -2.11. The molecule has 0 saturated heterocycles. The van der Waals surface area contributed by atoms with Crippen LogP contribution in [0.15, 0.2) is 0 Å². The monoisotopic (exact) mass is 182 g/mol. The summed E-state index contributed by atoms with van der Waals surface area (Å²) < 4.78 is 0. The Hall–Kier alpha value is -0.160. The van der Waals surface area contributed by atoms with Gasteiger partial charge in [0.05, 0.1) is 0 Å². The van der Waals surface area contributed by atoms with Gasteiger partial charge in [0, 0.05) is 0 Å². The van der Waals surface area contributed by atoms with Gasteiger partial charge in [-0.05, 0) is 0 Å². The van der Waals surface area contributed by atoms with Gasteiger partial charge in [0.15, 0.2) is 0 Å². The molecule has 0 aromatic carbocycles. The second-order valence-corrected chi connectivity index (χ2v) is 3.12. The summed E-state index contributed by atoms with van der Waals surface area (Å²) >= 11 is 0. The van der Waals surface area contributed by atoms with E-state index in [1.54, 1.807) is 0 Å². The van der Waals surface area contributed by atoms with Gasteiger partial charge in [-0.15, -0.1) is 13.2 Å². The SMILES string of the molecule is CC(C)C[O-].CC(C)C[O-].[NH4+].[NH4+]. The summed E-state index contributed by atoms with van der Waals surface area (Å²) in [7, 11) is 0. The van der Waals surface area contributed by atoms with Crippen LogP contribution in [-0.2, 0) is 0 Å². The minimum absolute atomic E-state index is 0. The van der Waals surface area contributed by atoms with E-state index < -0.39 is 0 Å². The highest BCUT2D eigenvalue weighted by Crippen LogP contribution is 1.81. The Morgan fingerprint density at radius 2 is 0.833 bits per heavy atom. The first-order chi connectivity index (χ1) is 4.54. The predicted octanol–water partition coefficient (Wildman–Crippen LogP) is 0.758. The first-order valence-corrected chi connectivity index (χ1v) is 3.70. The van der Waals surface area contributed by atoms with Gasteiger partial charge in [-0.25, -0.2) is 0 Å². The molecule has 0 aliphatic heterocycles. The van der Waals surface area contributed by atoms with Crippen LogP contribution in [0.25, 0.3) is 0 Å². The van der Waals surface area contributed by atoms with Crippen LogP contribution < -0.4 is 22.5 Å². The largest absolute Gasteiger partial charge is 0.854 e. The van der Waals surface area contributed by atoms with Crippen molar-refractivity contribution in [2.75, 3.05) is 13.2 Å². The zero-order chi connectivity index (χ0) is 8.57. The molecule has 0 saturated carbocycles. The van der Waals surface area contributed by atoms with Crippen LogP contribution in [0.3, 0.4) is 0 Å². The van der Waals surface area contributed by atoms with Crippen LogP contribution in [-0.4, -0.2) is 13.2 Å². The maximum Gasteiger partial charge on any atom is -0.0625 e. The van der Waals surface area contributed by atoms with E-state index in [2.05, 4.69) is 0 Å². The molecule has 0 radical (unpaired) electrons. The molecule has 0 fully saturated rings. The van der Waals surface area contributed by atoms with E-state index in [9.17, 15) is 10.2 Å². The van der Waals surface area contributed by atoms with Crippen molar-refractivity contribution in [2.24, 2.45) is 11.8 Å². The fourth-order valence-corrected chi connectivity index (χ4v) is 0. The summed E-state index contributed by atoms with van der Waals surface area (Å²) in [5.41, 5.74) is 0. The maximum atomic E-state index is 9.63. The van der Waals surface area contributed by atoms with Crippen molar-refractivity contribution in [1.29, 1.82) is 0 Å². The normalized spacial score (nSPS) is 8.00. The van der Waals surface area contributed by atoms with Crippen molar-refractivity contribution >= 4 is 0 Å². The lowest BCUT2D eigenvalue weighted by atomic mass is 10.2. The summed E-state index contributed by atoms with van der Waals surface area (Å²) in [6, 6.07) is 0. The van der Waals surface area contributed by atoms with Crippen LogP contribution in [0, 0.1) is 11.8 Å². The van der Waals surface area contributed by atoms with Crippen LogP contribution >= 0.6 is 0 Å². The van der Waals surface area contributed by atoms with Crippen molar-refractivity contribution in [3.63, 3.8) is 0 Å². The Morgan fingerprint density at radius 3 is 0.833 bits per heavy atom. The summed E-state index contributed by atoms with van der Waals surface area (Å²) in [6.45, 7) is 7.75. The molecule has 0 aliphatic rings. The third kappa shape index (κ3) is 52.1. The smallest absolute Gasteiger partial charge is 0.0625 e. The van der Waals surface area contributed by atoms with Crippen molar-refractivity contribution in [3.8, 4) is 0 Å². The molecule has 0 bridgehead atoms. The highest BCUT2D eigenvalue weighted by Gasteiger charge is 1.73. The number of quaternary nitrogens is 2. The van der Waals surface area contributed by atoms with Crippen LogP contribution in [0.5, 0.6) is 0 Å². The molecule has 4 heteroatoms. The lowest BCUT2D eigenvalue weighted by molar-refractivity contribution is -0.377. The lowest BCUT2D eigenvalue weighted by Gasteiger charge is -2.03. The molecule has 8 N–H and O–H groups in total. The fourth-order valence-electron chi connectivity index (χ4n) is 0.